The highest BCUT2D eigenvalue weighted by atomic mass is 35.5. The molecule has 3 aromatic rings. The third-order valence-electron chi connectivity index (χ3n) is 4.72. The summed E-state index contributed by atoms with van der Waals surface area (Å²) in [7, 11) is 0. The Labute approximate surface area is 182 Å². The van der Waals surface area contributed by atoms with Crippen molar-refractivity contribution < 1.29 is 14.3 Å². The van der Waals surface area contributed by atoms with Crippen LogP contribution in [-0.2, 0) is 6.61 Å². The number of hydrogen-bond acceptors (Lipinski definition) is 3. The van der Waals surface area contributed by atoms with Crippen LogP contribution in [0.15, 0.2) is 66.7 Å². The molecule has 0 spiro atoms. The molecule has 1 N–H and O–H groups in total. The molecule has 0 aromatic heterocycles. The van der Waals surface area contributed by atoms with Gasteiger partial charge in [0.05, 0.1) is 12.6 Å². The van der Waals surface area contributed by atoms with Crippen LogP contribution in [0.25, 0.3) is 0 Å². The highest BCUT2D eigenvalue weighted by Gasteiger charge is 2.14. The van der Waals surface area contributed by atoms with Gasteiger partial charge in [0.25, 0.3) is 5.91 Å². The topological polar surface area (TPSA) is 47.6 Å². The minimum absolute atomic E-state index is 0.145. The van der Waals surface area contributed by atoms with Crippen LogP contribution in [-0.4, -0.2) is 12.5 Å². The van der Waals surface area contributed by atoms with Crippen molar-refractivity contribution >= 4 is 17.5 Å². The van der Waals surface area contributed by atoms with E-state index in [0.717, 1.165) is 22.4 Å². The van der Waals surface area contributed by atoms with E-state index in [1.54, 1.807) is 6.07 Å². The van der Waals surface area contributed by atoms with Gasteiger partial charge in [0.15, 0.2) is 0 Å². The van der Waals surface area contributed by atoms with Crippen molar-refractivity contribution in [2.45, 2.75) is 33.4 Å². The van der Waals surface area contributed by atoms with Crippen LogP contribution in [0, 0.1) is 6.92 Å². The van der Waals surface area contributed by atoms with Gasteiger partial charge in [0.1, 0.15) is 18.1 Å². The number of carbonyl (C=O) groups excluding carboxylic acids is 1. The van der Waals surface area contributed by atoms with Gasteiger partial charge in [-0.2, -0.15) is 0 Å². The van der Waals surface area contributed by atoms with Crippen molar-refractivity contribution in [3.05, 3.63) is 94.0 Å². The third kappa shape index (κ3) is 5.77. The number of hydrogen-bond donors (Lipinski definition) is 1. The average Bonchev–Trinajstić information content (AvgIpc) is 2.73. The monoisotopic (exact) mass is 423 g/mol. The number of carbonyl (C=O) groups is 1. The maximum Gasteiger partial charge on any atom is 0.251 e. The van der Waals surface area contributed by atoms with Gasteiger partial charge in [-0.05, 0) is 74.4 Å². The molecule has 30 heavy (non-hydrogen) atoms. The molecular formula is C25H26ClNO3. The summed E-state index contributed by atoms with van der Waals surface area (Å²) in [5.74, 6) is 1.34. The molecule has 0 saturated heterocycles. The molecule has 0 saturated carbocycles. The molecular weight excluding hydrogens is 398 g/mol. The number of halogens is 1. The fraction of sp³-hybridized carbons (Fsp3) is 0.240. The molecule has 0 radical (unpaired) electrons. The molecule has 0 fully saturated rings. The lowest BCUT2D eigenvalue weighted by atomic mass is 10.1. The lowest BCUT2D eigenvalue weighted by Crippen LogP contribution is -2.26. The molecule has 0 aliphatic heterocycles. The molecule has 3 rings (SSSR count). The molecule has 156 valence electrons. The molecule has 4 nitrogen and oxygen atoms in total. The molecule has 0 aliphatic rings. The second-order valence-electron chi connectivity index (χ2n) is 7.11. The fourth-order valence-electron chi connectivity index (χ4n) is 3.11. The lowest BCUT2D eigenvalue weighted by molar-refractivity contribution is 0.0939. The number of nitrogens with one attached hydrogen (secondary N) is 1. The van der Waals surface area contributed by atoms with E-state index in [4.69, 9.17) is 21.1 Å². The molecule has 3 aromatic carbocycles. The summed E-state index contributed by atoms with van der Waals surface area (Å²) in [5, 5.41) is 3.70. The summed E-state index contributed by atoms with van der Waals surface area (Å²) in [6.07, 6.45) is 0. The van der Waals surface area contributed by atoms with E-state index < -0.39 is 0 Å². The minimum atomic E-state index is -0.155. The van der Waals surface area contributed by atoms with Crippen molar-refractivity contribution in [3.8, 4) is 11.5 Å². The zero-order valence-corrected chi connectivity index (χ0v) is 18.2. The first-order valence-corrected chi connectivity index (χ1v) is 10.4. The van der Waals surface area contributed by atoms with Crippen LogP contribution < -0.4 is 14.8 Å². The predicted molar refractivity (Wildman–Crippen MR) is 120 cm³/mol. The molecule has 5 heteroatoms. The van der Waals surface area contributed by atoms with Crippen molar-refractivity contribution in [1.29, 1.82) is 0 Å². The zero-order valence-electron chi connectivity index (χ0n) is 17.4. The number of benzene rings is 3. The maximum absolute atomic E-state index is 12.8. The Hall–Kier alpha value is -2.98. The fourth-order valence-corrected chi connectivity index (χ4v) is 3.24. The molecule has 0 heterocycles. The van der Waals surface area contributed by atoms with Gasteiger partial charge >= 0.3 is 0 Å². The van der Waals surface area contributed by atoms with Crippen LogP contribution in [0.1, 0.15) is 46.9 Å². The van der Waals surface area contributed by atoms with Crippen LogP contribution in [0.5, 0.6) is 11.5 Å². The molecule has 1 atom stereocenters. The van der Waals surface area contributed by atoms with Gasteiger partial charge < -0.3 is 14.8 Å². The summed E-state index contributed by atoms with van der Waals surface area (Å²) in [5.41, 5.74) is 3.50. The Bertz CT molecular complexity index is 1000. The van der Waals surface area contributed by atoms with E-state index in [2.05, 4.69) is 5.32 Å². The number of aryl methyl sites for hydroxylation is 1. The highest BCUT2D eigenvalue weighted by Crippen LogP contribution is 2.24. The first-order valence-electron chi connectivity index (χ1n) is 9.97. The largest absolute Gasteiger partial charge is 0.493 e. The maximum atomic E-state index is 12.8. The van der Waals surface area contributed by atoms with Crippen molar-refractivity contribution in [1.82, 2.24) is 5.32 Å². The van der Waals surface area contributed by atoms with Gasteiger partial charge in [-0.25, -0.2) is 0 Å². The lowest BCUT2D eigenvalue weighted by Gasteiger charge is -2.16. The van der Waals surface area contributed by atoms with E-state index in [1.165, 1.54) is 0 Å². The quantitative estimate of drug-likeness (QED) is 0.475. The van der Waals surface area contributed by atoms with E-state index in [0.29, 0.717) is 29.5 Å². The van der Waals surface area contributed by atoms with Crippen molar-refractivity contribution in [2.24, 2.45) is 0 Å². The second kappa shape index (κ2) is 10.2. The summed E-state index contributed by atoms with van der Waals surface area (Å²) in [4.78, 5) is 12.8. The number of ether oxygens (including phenoxy) is 2. The minimum Gasteiger partial charge on any atom is -0.493 e. The van der Waals surface area contributed by atoms with E-state index in [1.807, 2.05) is 81.4 Å². The molecule has 0 bridgehead atoms. The van der Waals surface area contributed by atoms with Gasteiger partial charge in [0.2, 0.25) is 0 Å². The zero-order chi connectivity index (χ0) is 21.5. The molecule has 0 aliphatic carbocycles. The Morgan fingerprint density at radius 2 is 1.80 bits per heavy atom. The van der Waals surface area contributed by atoms with Crippen LogP contribution in [0.2, 0.25) is 5.02 Å². The Kier molecular flexibility index (Phi) is 7.36. The van der Waals surface area contributed by atoms with Gasteiger partial charge in [0, 0.05) is 16.1 Å². The van der Waals surface area contributed by atoms with E-state index in [-0.39, 0.29) is 11.9 Å². The summed E-state index contributed by atoms with van der Waals surface area (Å²) in [6.45, 7) is 6.74. The number of amides is 1. The van der Waals surface area contributed by atoms with Crippen LogP contribution in [0.4, 0.5) is 0 Å². The van der Waals surface area contributed by atoms with Crippen LogP contribution >= 0.6 is 11.6 Å². The predicted octanol–water partition coefficient (Wildman–Crippen LogP) is 6.12. The first kappa shape index (κ1) is 21.7. The van der Waals surface area contributed by atoms with Gasteiger partial charge in [-0.1, -0.05) is 35.9 Å². The van der Waals surface area contributed by atoms with Crippen molar-refractivity contribution in [2.75, 3.05) is 6.61 Å². The third-order valence-corrected chi connectivity index (χ3v) is 4.98. The second-order valence-corrected chi connectivity index (χ2v) is 7.54. The van der Waals surface area contributed by atoms with E-state index >= 15 is 0 Å². The Morgan fingerprint density at radius 1 is 1.03 bits per heavy atom. The van der Waals surface area contributed by atoms with Crippen LogP contribution in [0.3, 0.4) is 0 Å². The molecule has 1 amide bonds. The summed E-state index contributed by atoms with van der Waals surface area (Å²) < 4.78 is 11.7. The average molecular weight is 424 g/mol. The van der Waals surface area contributed by atoms with Gasteiger partial charge in [-0.15, -0.1) is 0 Å². The SMILES string of the molecule is CCOc1ccc(C(=O)NC(C)c2ccc(Cl)cc2)cc1COc1cccc(C)c1. The normalized spacial score (nSPS) is 11.6. The summed E-state index contributed by atoms with van der Waals surface area (Å²) >= 11 is 5.95. The number of rotatable bonds is 8. The van der Waals surface area contributed by atoms with Crippen molar-refractivity contribution in [3.63, 3.8) is 0 Å². The molecule has 1 unspecified atom stereocenters. The standard InChI is InChI=1S/C25H26ClNO3/c1-4-29-24-13-10-20(15-21(24)16-30-23-7-5-6-17(2)14-23)25(28)27-18(3)19-8-11-22(26)12-9-19/h5-15,18H,4,16H2,1-3H3,(H,27,28). The Morgan fingerprint density at radius 3 is 2.50 bits per heavy atom. The Balaban J connectivity index is 1.74. The van der Waals surface area contributed by atoms with Gasteiger partial charge in [-0.3, -0.25) is 4.79 Å². The first-order chi connectivity index (χ1) is 14.5. The smallest absolute Gasteiger partial charge is 0.251 e. The highest BCUT2D eigenvalue weighted by molar-refractivity contribution is 6.30. The van der Waals surface area contributed by atoms with E-state index in [9.17, 15) is 4.79 Å². The summed E-state index contributed by atoms with van der Waals surface area (Å²) in [6, 6.07) is 20.6.